The zero-order chi connectivity index (χ0) is 26.8. The summed E-state index contributed by atoms with van der Waals surface area (Å²) >= 11 is 0. The Morgan fingerprint density at radius 3 is 2.32 bits per heavy atom. The van der Waals surface area contributed by atoms with E-state index < -0.39 is 28.4 Å². The van der Waals surface area contributed by atoms with Crippen LogP contribution >= 0.6 is 0 Å². The molecule has 0 saturated heterocycles. The van der Waals surface area contributed by atoms with E-state index in [0.29, 0.717) is 17.1 Å². The number of methoxy groups -OCH3 is 2. The second-order valence-electron chi connectivity index (χ2n) is 7.75. The molecule has 10 nitrogen and oxygen atoms in total. The molecule has 0 heterocycles. The fraction of sp³-hybridized carbons (Fsp3) is 0.192. The summed E-state index contributed by atoms with van der Waals surface area (Å²) in [7, 11) is -1.29. The summed E-state index contributed by atoms with van der Waals surface area (Å²) in [6.07, 6.45) is 1.37. The Bertz CT molecular complexity index is 1360. The average molecular weight is 526 g/mol. The first-order valence-corrected chi connectivity index (χ1v) is 12.5. The summed E-state index contributed by atoms with van der Waals surface area (Å²) in [6.45, 7) is 1.09. The van der Waals surface area contributed by atoms with E-state index in [4.69, 9.17) is 9.47 Å². The number of benzene rings is 3. The highest BCUT2D eigenvalue weighted by molar-refractivity contribution is 7.92. The predicted molar refractivity (Wildman–Crippen MR) is 138 cm³/mol. The van der Waals surface area contributed by atoms with Crippen molar-refractivity contribution in [3.8, 4) is 11.5 Å². The zero-order valence-electron chi connectivity index (χ0n) is 20.6. The molecule has 3 aromatic rings. The smallest absolute Gasteiger partial charge is 0.343 e. The number of hydrazone groups is 1. The van der Waals surface area contributed by atoms with Crippen molar-refractivity contribution in [1.82, 2.24) is 5.43 Å². The first kappa shape index (κ1) is 27.2. The maximum atomic E-state index is 13.4. The third-order valence-corrected chi connectivity index (χ3v) is 6.89. The van der Waals surface area contributed by atoms with Crippen LogP contribution in [0.25, 0.3) is 0 Å². The lowest BCUT2D eigenvalue weighted by atomic mass is 10.2. The number of hydrogen-bond acceptors (Lipinski definition) is 8. The maximum Gasteiger partial charge on any atom is 0.343 e. The number of amides is 1. The van der Waals surface area contributed by atoms with Gasteiger partial charge in [0.05, 0.1) is 31.0 Å². The topological polar surface area (TPSA) is 124 Å². The first-order chi connectivity index (χ1) is 17.7. The molecule has 37 heavy (non-hydrogen) atoms. The SMILES string of the molecule is COC(=O)COc1cccc(/C=N/NC(=O)CN(c2ccc(OC)cc2)S(=O)(=O)c2ccc(C)cc2)c1. The molecule has 0 aliphatic rings. The second-order valence-corrected chi connectivity index (χ2v) is 9.62. The largest absolute Gasteiger partial charge is 0.497 e. The van der Waals surface area contributed by atoms with Gasteiger partial charge < -0.3 is 14.2 Å². The molecule has 3 rings (SSSR count). The summed E-state index contributed by atoms with van der Waals surface area (Å²) in [4.78, 5) is 24.0. The molecule has 0 fully saturated rings. The van der Waals surface area contributed by atoms with Gasteiger partial charge in [-0.1, -0.05) is 29.8 Å². The molecule has 0 aromatic heterocycles. The number of carbonyl (C=O) groups excluding carboxylic acids is 2. The Balaban J connectivity index is 1.75. The average Bonchev–Trinajstić information content (AvgIpc) is 2.91. The summed E-state index contributed by atoms with van der Waals surface area (Å²) in [5, 5.41) is 3.92. The Morgan fingerprint density at radius 1 is 0.973 bits per heavy atom. The maximum absolute atomic E-state index is 13.4. The summed E-state index contributed by atoms with van der Waals surface area (Å²) in [6, 6.07) is 19.4. The number of esters is 1. The fourth-order valence-corrected chi connectivity index (χ4v) is 4.55. The van der Waals surface area contributed by atoms with Crippen molar-refractivity contribution in [1.29, 1.82) is 0 Å². The van der Waals surface area contributed by atoms with E-state index in [-0.39, 0.29) is 17.2 Å². The van der Waals surface area contributed by atoms with E-state index in [1.807, 2.05) is 6.92 Å². The summed E-state index contributed by atoms with van der Waals surface area (Å²) in [5.41, 5.74) is 4.13. The van der Waals surface area contributed by atoms with Gasteiger partial charge in [0.2, 0.25) is 0 Å². The van der Waals surface area contributed by atoms with E-state index in [2.05, 4.69) is 15.3 Å². The van der Waals surface area contributed by atoms with Crippen LogP contribution in [0.5, 0.6) is 11.5 Å². The van der Waals surface area contributed by atoms with Gasteiger partial charge in [-0.05, 0) is 61.0 Å². The molecule has 3 aromatic carbocycles. The fourth-order valence-electron chi connectivity index (χ4n) is 3.13. The quantitative estimate of drug-likeness (QED) is 0.232. The highest BCUT2D eigenvalue weighted by Gasteiger charge is 2.27. The highest BCUT2D eigenvalue weighted by Crippen LogP contribution is 2.26. The molecule has 0 aliphatic carbocycles. The van der Waals surface area contributed by atoms with Crippen LogP contribution in [-0.4, -0.2) is 53.9 Å². The molecule has 0 saturated carbocycles. The van der Waals surface area contributed by atoms with Gasteiger partial charge in [0.25, 0.3) is 15.9 Å². The monoisotopic (exact) mass is 525 g/mol. The van der Waals surface area contributed by atoms with Gasteiger partial charge >= 0.3 is 5.97 Å². The normalized spacial score (nSPS) is 11.1. The van der Waals surface area contributed by atoms with Crippen LogP contribution in [0.1, 0.15) is 11.1 Å². The van der Waals surface area contributed by atoms with Crippen LogP contribution in [0.3, 0.4) is 0 Å². The summed E-state index contributed by atoms with van der Waals surface area (Å²) < 4.78 is 42.9. The zero-order valence-corrected chi connectivity index (χ0v) is 21.4. The number of aryl methyl sites for hydroxylation is 1. The predicted octanol–water partition coefficient (Wildman–Crippen LogP) is 2.90. The van der Waals surface area contributed by atoms with Crippen molar-refractivity contribution in [3.63, 3.8) is 0 Å². The molecule has 1 amide bonds. The lowest BCUT2D eigenvalue weighted by Crippen LogP contribution is -2.39. The summed E-state index contributed by atoms with van der Waals surface area (Å²) in [5.74, 6) is -0.215. The molecule has 0 atom stereocenters. The van der Waals surface area contributed by atoms with Crippen molar-refractivity contribution >= 4 is 33.8 Å². The van der Waals surface area contributed by atoms with Gasteiger partial charge in [-0.15, -0.1) is 0 Å². The molecule has 0 spiro atoms. The lowest BCUT2D eigenvalue weighted by molar-refractivity contribution is -0.142. The Labute approximate surface area is 215 Å². The van der Waals surface area contributed by atoms with E-state index in [9.17, 15) is 18.0 Å². The Morgan fingerprint density at radius 2 is 1.68 bits per heavy atom. The third kappa shape index (κ3) is 7.55. The molecular formula is C26H27N3O7S. The minimum absolute atomic E-state index is 0.0500. The van der Waals surface area contributed by atoms with Gasteiger partial charge in [-0.3, -0.25) is 9.10 Å². The number of carbonyl (C=O) groups is 2. The molecule has 194 valence electrons. The van der Waals surface area contributed by atoms with Gasteiger partial charge in [0.1, 0.15) is 18.0 Å². The molecular weight excluding hydrogens is 498 g/mol. The van der Waals surface area contributed by atoms with E-state index in [1.54, 1.807) is 60.7 Å². The van der Waals surface area contributed by atoms with Crippen molar-refractivity contribution in [3.05, 3.63) is 83.9 Å². The number of nitrogens with one attached hydrogen (secondary N) is 1. The van der Waals surface area contributed by atoms with Crippen LogP contribution in [0.4, 0.5) is 5.69 Å². The third-order valence-electron chi connectivity index (χ3n) is 5.10. The molecule has 0 aliphatic heterocycles. The van der Waals surface area contributed by atoms with Gasteiger partial charge in [-0.2, -0.15) is 5.10 Å². The number of sulfonamides is 1. The van der Waals surface area contributed by atoms with Crippen LogP contribution in [0, 0.1) is 6.92 Å². The van der Waals surface area contributed by atoms with Crippen molar-refractivity contribution in [2.45, 2.75) is 11.8 Å². The molecule has 0 bridgehead atoms. The van der Waals surface area contributed by atoms with Gasteiger partial charge in [0, 0.05) is 0 Å². The van der Waals surface area contributed by atoms with Crippen LogP contribution in [0.15, 0.2) is 82.8 Å². The van der Waals surface area contributed by atoms with Crippen LogP contribution in [0.2, 0.25) is 0 Å². The second kappa shape index (κ2) is 12.5. The molecule has 11 heteroatoms. The molecule has 0 radical (unpaired) electrons. The number of rotatable bonds is 11. The highest BCUT2D eigenvalue weighted by atomic mass is 32.2. The first-order valence-electron chi connectivity index (χ1n) is 11.1. The number of anilines is 1. The van der Waals surface area contributed by atoms with Crippen molar-refractivity contribution in [2.75, 3.05) is 31.7 Å². The van der Waals surface area contributed by atoms with Gasteiger partial charge in [0.15, 0.2) is 6.61 Å². The van der Waals surface area contributed by atoms with E-state index in [0.717, 1.165) is 9.87 Å². The minimum atomic E-state index is -4.06. The van der Waals surface area contributed by atoms with Crippen molar-refractivity contribution in [2.24, 2.45) is 5.10 Å². The van der Waals surface area contributed by atoms with Crippen molar-refractivity contribution < 1.29 is 32.2 Å². The number of hydrogen-bond donors (Lipinski definition) is 1. The van der Waals surface area contributed by atoms with E-state index in [1.165, 1.54) is 32.6 Å². The molecule has 1 N–H and O–H groups in total. The molecule has 0 unspecified atom stereocenters. The Hall–Kier alpha value is -4.38. The lowest BCUT2D eigenvalue weighted by Gasteiger charge is -2.24. The number of nitrogens with zero attached hydrogens (tertiary/aromatic N) is 2. The van der Waals surface area contributed by atoms with E-state index >= 15 is 0 Å². The van der Waals surface area contributed by atoms with Gasteiger partial charge in [-0.25, -0.2) is 18.6 Å². The van der Waals surface area contributed by atoms with Crippen LogP contribution < -0.4 is 19.2 Å². The minimum Gasteiger partial charge on any atom is -0.497 e. The van der Waals surface area contributed by atoms with Crippen LogP contribution in [-0.2, 0) is 24.3 Å². The Kier molecular flexibility index (Phi) is 9.22. The standard InChI is InChI=1S/C26H27N3O7S/c1-19-7-13-24(14-8-19)37(32,33)29(21-9-11-22(34-2)12-10-21)17-25(30)28-27-16-20-5-4-6-23(15-20)36-18-26(31)35-3/h4-16H,17-18H2,1-3H3,(H,28,30)/b27-16+. The number of ether oxygens (including phenoxy) is 3.